The monoisotopic (exact) mass is 355 g/mol. The van der Waals surface area contributed by atoms with Crippen LogP contribution in [0.5, 0.6) is 0 Å². The molecule has 7 heteroatoms. The molecule has 0 aliphatic carbocycles. The molecule has 4 heterocycles. The molecule has 0 spiro atoms. The molecule has 1 aliphatic rings. The highest BCUT2D eigenvalue weighted by molar-refractivity contribution is 7.12. The zero-order valence-corrected chi connectivity index (χ0v) is 13.7. The van der Waals surface area contributed by atoms with Crippen LogP contribution in [0, 0.1) is 0 Å². The average molecular weight is 355 g/mol. The van der Waals surface area contributed by atoms with Crippen molar-refractivity contribution in [3.8, 4) is 0 Å². The van der Waals surface area contributed by atoms with Gasteiger partial charge in [0.1, 0.15) is 17.6 Å². The summed E-state index contributed by atoms with van der Waals surface area (Å²) in [5.74, 6) is -0.611. The summed E-state index contributed by atoms with van der Waals surface area (Å²) in [5, 5.41) is 12.2. The Hall–Kier alpha value is -3.06. The van der Waals surface area contributed by atoms with Crippen LogP contribution in [0.3, 0.4) is 0 Å². The van der Waals surface area contributed by atoms with E-state index in [2.05, 4.69) is 0 Å². The molecule has 1 unspecified atom stereocenters. The molecule has 6 nitrogen and oxygen atoms in total. The molecule has 0 aromatic carbocycles. The summed E-state index contributed by atoms with van der Waals surface area (Å²) in [6.07, 6.45) is 2.97. The Kier molecular flexibility index (Phi) is 3.77. The summed E-state index contributed by atoms with van der Waals surface area (Å²) in [5.41, 5.74) is 0.0222. The quantitative estimate of drug-likeness (QED) is 0.705. The first-order chi connectivity index (χ1) is 12.2. The number of thiophene rings is 1. The van der Waals surface area contributed by atoms with Gasteiger partial charge < -0.3 is 18.8 Å². The Morgan fingerprint density at radius 2 is 1.96 bits per heavy atom. The number of aliphatic hydroxyl groups excluding tert-OH is 1. The zero-order valence-electron chi connectivity index (χ0n) is 12.9. The highest BCUT2D eigenvalue weighted by Crippen LogP contribution is 2.40. The molecule has 25 heavy (non-hydrogen) atoms. The van der Waals surface area contributed by atoms with Crippen molar-refractivity contribution < 1.29 is 23.5 Å². The molecule has 0 saturated heterocycles. The van der Waals surface area contributed by atoms with Gasteiger partial charge in [-0.1, -0.05) is 6.07 Å². The van der Waals surface area contributed by atoms with Gasteiger partial charge in [-0.05, 0) is 35.7 Å². The molecular formula is C18H13NO5S. The van der Waals surface area contributed by atoms with Crippen LogP contribution in [0.4, 0.5) is 0 Å². The first kappa shape index (κ1) is 15.5. The molecular weight excluding hydrogens is 342 g/mol. The number of rotatable bonds is 5. The highest BCUT2D eigenvalue weighted by atomic mass is 32.1. The molecule has 0 radical (unpaired) electrons. The maximum absolute atomic E-state index is 12.9. The van der Waals surface area contributed by atoms with Gasteiger partial charge in [-0.25, -0.2) is 0 Å². The first-order valence-electron chi connectivity index (χ1n) is 7.55. The van der Waals surface area contributed by atoms with E-state index in [1.165, 1.54) is 28.8 Å². The van der Waals surface area contributed by atoms with E-state index >= 15 is 0 Å². The van der Waals surface area contributed by atoms with Crippen LogP contribution < -0.4 is 0 Å². The lowest BCUT2D eigenvalue weighted by molar-refractivity contribution is -0.130. The van der Waals surface area contributed by atoms with E-state index in [0.29, 0.717) is 16.4 Å². The van der Waals surface area contributed by atoms with Crippen LogP contribution in [0.15, 0.2) is 74.5 Å². The van der Waals surface area contributed by atoms with Gasteiger partial charge in [0.05, 0.1) is 29.5 Å². The number of amides is 1. The molecule has 4 rings (SSSR count). The molecule has 1 amide bonds. The predicted octanol–water partition coefficient (Wildman–Crippen LogP) is 3.71. The SMILES string of the molecule is O=C(C1=C(O)C(=O)N(Cc2ccco2)C1c1ccco1)c1cccs1. The molecule has 3 aromatic heterocycles. The Labute approximate surface area is 146 Å². The number of ketones is 1. The summed E-state index contributed by atoms with van der Waals surface area (Å²) in [6.45, 7) is 0.114. The minimum Gasteiger partial charge on any atom is -0.503 e. The molecule has 0 saturated carbocycles. The normalized spacial score (nSPS) is 17.5. The van der Waals surface area contributed by atoms with E-state index in [1.807, 2.05) is 0 Å². The van der Waals surface area contributed by atoms with Crippen LogP contribution in [0.1, 0.15) is 27.2 Å². The van der Waals surface area contributed by atoms with Crippen molar-refractivity contribution in [2.24, 2.45) is 0 Å². The van der Waals surface area contributed by atoms with Gasteiger partial charge >= 0.3 is 0 Å². The third-order valence-corrected chi connectivity index (χ3v) is 4.88. The maximum atomic E-state index is 12.9. The minimum absolute atomic E-state index is 0.0222. The Morgan fingerprint density at radius 3 is 2.60 bits per heavy atom. The number of aliphatic hydroxyl groups is 1. The fourth-order valence-electron chi connectivity index (χ4n) is 2.90. The third-order valence-electron chi connectivity index (χ3n) is 4.01. The standard InChI is InChI=1S/C18H13NO5S/c20-16(13-6-3-9-25-13)14-15(12-5-2-8-24-12)19(18(22)17(14)21)10-11-4-1-7-23-11/h1-9,15,21H,10H2. The van der Waals surface area contributed by atoms with Gasteiger partial charge in [-0.2, -0.15) is 0 Å². The number of hydrogen-bond acceptors (Lipinski definition) is 6. The number of carbonyl (C=O) groups is 2. The van der Waals surface area contributed by atoms with Crippen LogP contribution >= 0.6 is 11.3 Å². The van der Waals surface area contributed by atoms with Crippen molar-refractivity contribution in [3.05, 3.63) is 82.0 Å². The van der Waals surface area contributed by atoms with Gasteiger partial charge in [0.25, 0.3) is 5.91 Å². The number of Topliss-reactive ketones (excluding diaryl/α,β-unsaturated/α-hetero) is 1. The molecule has 126 valence electrons. The van der Waals surface area contributed by atoms with Crippen LogP contribution in [-0.4, -0.2) is 21.7 Å². The van der Waals surface area contributed by atoms with E-state index < -0.39 is 17.7 Å². The van der Waals surface area contributed by atoms with E-state index in [1.54, 1.807) is 41.8 Å². The third kappa shape index (κ3) is 2.58. The first-order valence-corrected chi connectivity index (χ1v) is 8.43. The van der Waals surface area contributed by atoms with Crippen LogP contribution in [0.2, 0.25) is 0 Å². The predicted molar refractivity (Wildman–Crippen MR) is 89.0 cm³/mol. The van der Waals surface area contributed by atoms with Gasteiger partial charge in [0.15, 0.2) is 5.76 Å². The number of hydrogen-bond donors (Lipinski definition) is 1. The van der Waals surface area contributed by atoms with Crippen LogP contribution in [-0.2, 0) is 11.3 Å². The number of carbonyl (C=O) groups excluding carboxylic acids is 2. The summed E-state index contributed by atoms with van der Waals surface area (Å²) in [7, 11) is 0. The van der Waals surface area contributed by atoms with E-state index in [4.69, 9.17) is 8.83 Å². The molecule has 0 fully saturated rings. The lowest BCUT2D eigenvalue weighted by Crippen LogP contribution is -2.30. The molecule has 3 aromatic rings. The lowest BCUT2D eigenvalue weighted by Gasteiger charge is -2.23. The van der Waals surface area contributed by atoms with Crippen molar-refractivity contribution in [1.82, 2.24) is 4.90 Å². The Bertz CT molecular complexity index is 922. The summed E-state index contributed by atoms with van der Waals surface area (Å²) in [6, 6.07) is 9.38. The van der Waals surface area contributed by atoms with Crippen molar-refractivity contribution in [2.45, 2.75) is 12.6 Å². The summed E-state index contributed by atoms with van der Waals surface area (Å²) < 4.78 is 10.7. The fourth-order valence-corrected chi connectivity index (χ4v) is 3.58. The average Bonchev–Trinajstić information content (AvgIpc) is 3.39. The smallest absolute Gasteiger partial charge is 0.290 e. The van der Waals surface area contributed by atoms with Gasteiger partial charge in [0, 0.05) is 0 Å². The van der Waals surface area contributed by atoms with Gasteiger partial charge in [0.2, 0.25) is 5.78 Å². The van der Waals surface area contributed by atoms with Crippen LogP contribution in [0.25, 0.3) is 0 Å². The van der Waals surface area contributed by atoms with E-state index in [9.17, 15) is 14.7 Å². The minimum atomic E-state index is -0.804. The van der Waals surface area contributed by atoms with E-state index in [-0.39, 0.29) is 17.9 Å². The van der Waals surface area contributed by atoms with Gasteiger partial charge in [-0.15, -0.1) is 11.3 Å². The largest absolute Gasteiger partial charge is 0.503 e. The molecule has 1 N–H and O–H groups in total. The van der Waals surface area contributed by atoms with Crippen molar-refractivity contribution in [3.63, 3.8) is 0 Å². The second kappa shape index (κ2) is 6.10. The topological polar surface area (TPSA) is 83.9 Å². The van der Waals surface area contributed by atoms with Crippen molar-refractivity contribution in [2.75, 3.05) is 0 Å². The number of nitrogens with zero attached hydrogens (tertiary/aromatic N) is 1. The fraction of sp³-hybridized carbons (Fsp3) is 0.111. The molecule has 0 bridgehead atoms. The van der Waals surface area contributed by atoms with E-state index in [0.717, 1.165) is 0 Å². The summed E-state index contributed by atoms with van der Waals surface area (Å²) in [4.78, 5) is 27.3. The lowest BCUT2D eigenvalue weighted by atomic mass is 10.00. The maximum Gasteiger partial charge on any atom is 0.290 e. The second-order valence-corrected chi connectivity index (χ2v) is 6.45. The molecule has 1 atom stereocenters. The van der Waals surface area contributed by atoms with Gasteiger partial charge in [-0.3, -0.25) is 9.59 Å². The van der Waals surface area contributed by atoms with Crippen molar-refractivity contribution in [1.29, 1.82) is 0 Å². The zero-order chi connectivity index (χ0) is 17.4. The summed E-state index contributed by atoms with van der Waals surface area (Å²) >= 11 is 1.25. The highest BCUT2D eigenvalue weighted by Gasteiger charge is 2.45. The molecule has 1 aliphatic heterocycles. The second-order valence-electron chi connectivity index (χ2n) is 5.50. The Balaban J connectivity index is 1.78. The number of furan rings is 2. The Morgan fingerprint density at radius 1 is 1.16 bits per heavy atom. The van der Waals surface area contributed by atoms with Crippen molar-refractivity contribution >= 4 is 23.0 Å².